The van der Waals surface area contributed by atoms with Gasteiger partial charge in [0, 0.05) is 13.1 Å². The van der Waals surface area contributed by atoms with E-state index in [4.69, 9.17) is 4.74 Å². The molecule has 0 spiro atoms. The second-order valence-corrected chi connectivity index (χ2v) is 4.82. The van der Waals surface area contributed by atoms with Gasteiger partial charge in [0.15, 0.2) is 0 Å². The van der Waals surface area contributed by atoms with Gasteiger partial charge in [-0.3, -0.25) is 4.79 Å². The first kappa shape index (κ1) is 13.4. The largest absolute Gasteiger partial charge is 0.469 e. The summed E-state index contributed by atoms with van der Waals surface area (Å²) in [5.41, 5.74) is 0.258. The summed E-state index contributed by atoms with van der Waals surface area (Å²) in [4.78, 5) is 11.2. The fourth-order valence-electron chi connectivity index (χ4n) is 1.18. The molecule has 0 bridgehead atoms. The smallest absolute Gasteiger partial charge is 0.309 e. The van der Waals surface area contributed by atoms with E-state index in [9.17, 15) is 4.79 Å². The fraction of sp³-hybridized carbons (Fsp3) is 0.909. The van der Waals surface area contributed by atoms with Gasteiger partial charge in [0.25, 0.3) is 0 Å². The van der Waals surface area contributed by atoms with Gasteiger partial charge in [-0.15, -0.1) is 0 Å². The van der Waals surface area contributed by atoms with Crippen molar-refractivity contribution in [2.75, 3.05) is 20.2 Å². The minimum atomic E-state index is -0.117. The number of hydrogen-bond acceptors (Lipinski definition) is 3. The summed E-state index contributed by atoms with van der Waals surface area (Å²) in [5, 5.41) is 3.29. The van der Waals surface area contributed by atoms with Crippen molar-refractivity contribution in [2.45, 2.75) is 34.1 Å². The van der Waals surface area contributed by atoms with Crippen LogP contribution in [-0.2, 0) is 9.53 Å². The SMILES string of the molecule is CCC(CNCC(C)(C)C)C(=O)OC. The van der Waals surface area contributed by atoms with Crippen LogP contribution < -0.4 is 5.32 Å². The van der Waals surface area contributed by atoms with Crippen LogP contribution in [0.5, 0.6) is 0 Å². The van der Waals surface area contributed by atoms with E-state index in [0.29, 0.717) is 6.54 Å². The molecule has 14 heavy (non-hydrogen) atoms. The lowest BCUT2D eigenvalue weighted by molar-refractivity contribution is -0.145. The molecular formula is C11H23NO2. The first-order valence-electron chi connectivity index (χ1n) is 5.19. The molecule has 1 unspecified atom stereocenters. The van der Waals surface area contributed by atoms with Gasteiger partial charge in [0.1, 0.15) is 0 Å². The lowest BCUT2D eigenvalue weighted by Gasteiger charge is -2.20. The number of ether oxygens (including phenoxy) is 1. The number of esters is 1. The van der Waals surface area contributed by atoms with Crippen LogP contribution in [0.1, 0.15) is 34.1 Å². The minimum absolute atomic E-state index is 0.0117. The van der Waals surface area contributed by atoms with E-state index in [1.54, 1.807) is 0 Å². The van der Waals surface area contributed by atoms with Crippen LogP contribution in [-0.4, -0.2) is 26.2 Å². The lowest BCUT2D eigenvalue weighted by Crippen LogP contribution is -2.34. The summed E-state index contributed by atoms with van der Waals surface area (Å²) in [6.07, 6.45) is 0.823. The van der Waals surface area contributed by atoms with E-state index in [0.717, 1.165) is 13.0 Å². The Labute approximate surface area is 87.2 Å². The topological polar surface area (TPSA) is 38.3 Å². The van der Waals surface area contributed by atoms with E-state index in [1.807, 2.05) is 6.92 Å². The number of methoxy groups -OCH3 is 1. The average Bonchev–Trinajstić information content (AvgIpc) is 2.09. The number of carbonyl (C=O) groups excluding carboxylic acids is 1. The molecule has 0 aromatic rings. The van der Waals surface area contributed by atoms with Crippen molar-refractivity contribution in [1.29, 1.82) is 0 Å². The highest BCUT2D eigenvalue weighted by molar-refractivity contribution is 5.72. The quantitative estimate of drug-likeness (QED) is 0.690. The number of rotatable bonds is 5. The molecule has 0 aliphatic heterocycles. The van der Waals surface area contributed by atoms with Crippen LogP contribution in [0.4, 0.5) is 0 Å². The third-order valence-electron chi connectivity index (χ3n) is 2.07. The lowest BCUT2D eigenvalue weighted by atomic mass is 9.96. The zero-order chi connectivity index (χ0) is 11.2. The van der Waals surface area contributed by atoms with Crippen molar-refractivity contribution in [3.63, 3.8) is 0 Å². The van der Waals surface area contributed by atoms with Gasteiger partial charge >= 0.3 is 5.97 Å². The maximum atomic E-state index is 11.2. The Morgan fingerprint density at radius 3 is 2.36 bits per heavy atom. The highest BCUT2D eigenvalue weighted by atomic mass is 16.5. The molecule has 0 radical (unpaired) electrons. The van der Waals surface area contributed by atoms with Crippen molar-refractivity contribution < 1.29 is 9.53 Å². The Morgan fingerprint density at radius 2 is 2.00 bits per heavy atom. The van der Waals surface area contributed by atoms with Crippen LogP contribution in [0.3, 0.4) is 0 Å². The second kappa shape index (κ2) is 6.02. The first-order chi connectivity index (χ1) is 6.40. The third-order valence-corrected chi connectivity index (χ3v) is 2.07. The van der Waals surface area contributed by atoms with Gasteiger partial charge in [-0.2, -0.15) is 0 Å². The van der Waals surface area contributed by atoms with Crippen LogP contribution >= 0.6 is 0 Å². The van der Waals surface area contributed by atoms with Gasteiger partial charge in [-0.1, -0.05) is 27.7 Å². The summed E-state index contributed by atoms with van der Waals surface area (Å²) >= 11 is 0. The predicted molar refractivity (Wildman–Crippen MR) is 58.1 cm³/mol. The molecule has 0 aliphatic carbocycles. The maximum absolute atomic E-state index is 11.2. The molecule has 0 aromatic carbocycles. The highest BCUT2D eigenvalue weighted by Gasteiger charge is 2.17. The van der Waals surface area contributed by atoms with Crippen molar-refractivity contribution in [3.8, 4) is 0 Å². The van der Waals surface area contributed by atoms with E-state index >= 15 is 0 Å². The van der Waals surface area contributed by atoms with E-state index < -0.39 is 0 Å². The van der Waals surface area contributed by atoms with Crippen LogP contribution in [0, 0.1) is 11.3 Å². The normalized spacial score (nSPS) is 13.8. The maximum Gasteiger partial charge on any atom is 0.309 e. The summed E-state index contributed by atoms with van der Waals surface area (Å²) in [6, 6.07) is 0. The molecular weight excluding hydrogens is 178 g/mol. The second-order valence-electron chi connectivity index (χ2n) is 4.82. The molecule has 84 valence electrons. The summed E-state index contributed by atoms with van der Waals surface area (Å²) < 4.78 is 4.71. The van der Waals surface area contributed by atoms with Crippen molar-refractivity contribution in [1.82, 2.24) is 5.32 Å². The van der Waals surface area contributed by atoms with E-state index in [-0.39, 0.29) is 17.3 Å². The zero-order valence-corrected chi connectivity index (χ0v) is 10.0. The predicted octanol–water partition coefficient (Wildman–Crippen LogP) is 1.82. The van der Waals surface area contributed by atoms with Crippen LogP contribution in [0.15, 0.2) is 0 Å². The third kappa shape index (κ3) is 5.97. The molecule has 0 heterocycles. The van der Waals surface area contributed by atoms with Gasteiger partial charge in [0.2, 0.25) is 0 Å². The van der Waals surface area contributed by atoms with Crippen molar-refractivity contribution in [3.05, 3.63) is 0 Å². The van der Waals surface area contributed by atoms with Gasteiger partial charge in [-0.05, 0) is 11.8 Å². The van der Waals surface area contributed by atoms with Crippen molar-refractivity contribution >= 4 is 5.97 Å². The molecule has 0 fully saturated rings. The molecule has 0 aromatic heterocycles. The van der Waals surface area contributed by atoms with Gasteiger partial charge in [0.05, 0.1) is 13.0 Å². The summed E-state index contributed by atoms with van der Waals surface area (Å²) in [6.45, 7) is 10.1. The monoisotopic (exact) mass is 201 g/mol. The molecule has 0 saturated heterocycles. The van der Waals surface area contributed by atoms with Crippen LogP contribution in [0.2, 0.25) is 0 Å². The Bertz CT molecular complexity index is 173. The van der Waals surface area contributed by atoms with Gasteiger partial charge < -0.3 is 10.1 Å². The minimum Gasteiger partial charge on any atom is -0.469 e. The Hall–Kier alpha value is -0.570. The summed E-state index contributed by atoms with van der Waals surface area (Å²) in [7, 11) is 1.44. The number of carbonyl (C=O) groups is 1. The fourth-order valence-corrected chi connectivity index (χ4v) is 1.18. The van der Waals surface area contributed by atoms with E-state index in [2.05, 4.69) is 26.1 Å². The molecule has 0 rings (SSSR count). The Kier molecular flexibility index (Phi) is 5.77. The standard InChI is InChI=1S/C11H23NO2/c1-6-9(10(13)14-5)7-12-8-11(2,3)4/h9,12H,6-8H2,1-5H3. The molecule has 3 heteroatoms. The summed E-state index contributed by atoms with van der Waals surface area (Å²) in [5.74, 6) is -0.128. The molecule has 0 aliphatic rings. The molecule has 3 nitrogen and oxygen atoms in total. The van der Waals surface area contributed by atoms with Gasteiger partial charge in [-0.25, -0.2) is 0 Å². The highest BCUT2D eigenvalue weighted by Crippen LogP contribution is 2.11. The number of hydrogen-bond donors (Lipinski definition) is 1. The average molecular weight is 201 g/mol. The zero-order valence-electron chi connectivity index (χ0n) is 10.0. The molecule has 1 atom stereocenters. The molecule has 1 N–H and O–H groups in total. The number of nitrogens with one attached hydrogen (secondary N) is 1. The first-order valence-corrected chi connectivity index (χ1v) is 5.19. The van der Waals surface area contributed by atoms with E-state index in [1.165, 1.54) is 7.11 Å². The molecule has 0 saturated carbocycles. The molecule has 0 amide bonds. The van der Waals surface area contributed by atoms with Crippen LogP contribution in [0.25, 0.3) is 0 Å². The van der Waals surface area contributed by atoms with Crippen molar-refractivity contribution in [2.24, 2.45) is 11.3 Å². The Morgan fingerprint density at radius 1 is 1.43 bits per heavy atom. The Balaban J connectivity index is 3.80.